The summed E-state index contributed by atoms with van der Waals surface area (Å²) in [5, 5.41) is 2.49. The van der Waals surface area contributed by atoms with Crippen molar-refractivity contribution < 1.29 is 18.4 Å². The number of benzene rings is 2. The number of hydrogen-bond donors (Lipinski definition) is 1. The summed E-state index contributed by atoms with van der Waals surface area (Å²) >= 11 is 0. The van der Waals surface area contributed by atoms with Crippen molar-refractivity contribution in [3.05, 3.63) is 71.3 Å². The Balaban J connectivity index is 1.99. The minimum absolute atomic E-state index is 0.233. The fourth-order valence-corrected chi connectivity index (χ4v) is 2.95. The van der Waals surface area contributed by atoms with Crippen LogP contribution in [0.15, 0.2) is 48.5 Å². The van der Waals surface area contributed by atoms with Crippen LogP contribution in [0.5, 0.6) is 0 Å². The molecule has 2 rings (SSSR count). The van der Waals surface area contributed by atoms with E-state index in [9.17, 15) is 18.4 Å². The number of rotatable bonds is 8. The summed E-state index contributed by atoms with van der Waals surface area (Å²) in [5.74, 6) is -3.36. The van der Waals surface area contributed by atoms with Crippen LogP contribution in [0.25, 0.3) is 0 Å². The van der Waals surface area contributed by atoms with Gasteiger partial charge in [-0.2, -0.15) is 0 Å². The summed E-state index contributed by atoms with van der Waals surface area (Å²) in [4.78, 5) is 26.7. The predicted molar refractivity (Wildman–Crippen MR) is 105 cm³/mol. The van der Waals surface area contributed by atoms with Gasteiger partial charge in [-0.3, -0.25) is 9.59 Å². The maximum atomic E-state index is 13.8. The second kappa shape index (κ2) is 9.97. The van der Waals surface area contributed by atoms with Crippen LogP contribution in [-0.2, 0) is 11.2 Å². The van der Waals surface area contributed by atoms with Gasteiger partial charge in [0.15, 0.2) is 0 Å². The Kier molecular flexibility index (Phi) is 7.67. The highest BCUT2D eigenvalue weighted by atomic mass is 19.1. The zero-order valence-corrected chi connectivity index (χ0v) is 16.4. The van der Waals surface area contributed by atoms with Crippen LogP contribution in [0, 0.1) is 17.6 Å². The summed E-state index contributed by atoms with van der Waals surface area (Å²) in [6.45, 7) is 4.07. The van der Waals surface area contributed by atoms with E-state index >= 15 is 0 Å². The van der Waals surface area contributed by atoms with E-state index in [2.05, 4.69) is 5.32 Å². The summed E-state index contributed by atoms with van der Waals surface area (Å²) in [6, 6.07) is 12.3. The molecule has 0 fully saturated rings. The van der Waals surface area contributed by atoms with E-state index in [0.717, 1.165) is 25.0 Å². The Morgan fingerprint density at radius 1 is 1.00 bits per heavy atom. The molecule has 28 heavy (non-hydrogen) atoms. The molecule has 2 aromatic rings. The molecule has 2 amide bonds. The number of nitrogens with zero attached hydrogens (tertiary/aromatic N) is 1. The van der Waals surface area contributed by atoms with Crippen LogP contribution < -0.4 is 5.32 Å². The lowest BCUT2D eigenvalue weighted by Crippen LogP contribution is -2.50. The average Bonchev–Trinajstić information content (AvgIpc) is 2.66. The second-order valence-electron chi connectivity index (χ2n) is 7.14. The summed E-state index contributed by atoms with van der Waals surface area (Å²) in [6.07, 6.45) is 1.60. The molecule has 150 valence electrons. The maximum Gasteiger partial charge on any atom is 0.257 e. The van der Waals surface area contributed by atoms with Crippen molar-refractivity contribution in [3.63, 3.8) is 0 Å². The molecule has 4 nitrogen and oxygen atoms in total. The monoisotopic (exact) mass is 388 g/mol. The SMILES string of the molecule is CC(C)C(NC(=O)c1c(F)cccc1F)C(=O)N(C)CCCc1ccccc1. The molecule has 1 N–H and O–H groups in total. The van der Waals surface area contributed by atoms with Crippen LogP contribution in [0.3, 0.4) is 0 Å². The van der Waals surface area contributed by atoms with Crippen LogP contribution in [0.1, 0.15) is 36.2 Å². The van der Waals surface area contributed by atoms with Crippen molar-refractivity contribution in [2.75, 3.05) is 13.6 Å². The highest BCUT2D eigenvalue weighted by Crippen LogP contribution is 2.14. The van der Waals surface area contributed by atoms with Crippen molar-refractivity contribution in [2.45, 2.75) is 32.7 Å². The molecule has 1 unspecified atom stereocenters. The molecule has 0 radical (unpaired) electrons. The van der Waals surface area contributed by atoms with E-state index in [1.54, 1.807) is 25.8 Å². The minimum Gasteiger partial charge on any atom is -0.344 e. The van der Waals surface area contributed by atoms with Crippen LogP contribution >= 0.6 is 0 Å². The van der Waals surface area contributed by atoms with Crippen molar-refractivity contribution in [1.29, 1.82) is 0 Å². The fourth-order valence-electron chi connectivity index (χ4n) is 2.95. The van der Waals surface area contributed by atoms with E-state index in [1.165, 1.54) is 11.6 Å². The summed E-state index contributed by atoms with van der Waals surface area (Å²) < 4.78 is 27.7. The van der Waals surface area contributed by atoms with Gasteiger partial charge in [0.1, 0.15) is 23.2 Å². The molecule has 0 aliphatic heterocycles. The van der Waals surface area contributed by atoms with E-state index in [-0.39, 0.29) is 11.8 Å². The highest BCUT2D eigenvalue weighted by molar-refractivity contribution is 5.98. The average molecular weight is 388 g/mol. The second-order valence-corrected chi connectivity index (χ2v) is 7.14. The quantitative estimate of drug-likeness (QED) is 0.748. The van der Waals surface area contributed by atoms with Gasteiger partial charge in [0.2, 0.25) is 5.91 Å². The Morgan fingerprint density at radius 2 is 1.61 bits per heavy atom. The molecule has 0 saturated heterocycles. The van der Waals surface area contributed by atoms with Gasteiger partial charge in [0, 0.05) is 13.6 Å². The first kappa shape index (κ1) is 21.5. The third-order valence-corrected chi connectivity index (χ3v) is 4.59. The molecule has 0 aliphatic rings. The largest absolute Gasteiger partial charge is 0.344 e. The van der Waals surface area contributed by atoms with Gasteiger partial charge in [0.05, 0.1) is 0 Å². The number of nitrogens with one attached hydrogen (secondary N) is 1. The van der Waals surface area contributed by atoms with Crippen LogP contribution in [0.4, 0.5) is 8.78 Å². The lowest BCUT2D eigenvalue weighted by molar-refractivity contribution is -0.133. The Hall–Kier alpha value is -2.76. The molecule has 0 spiro atoms. The molecular weight excluding hydrogens is 362 g/mol. The number of amides is 2. The lowest BCUT2D eigenvalue weighted by Gasteiger charge is -2.27. The Morgan fingerprint density at radius 3 is 2.18 bits per heavy atom. The Labute approximate surface area is 164 Å². The molecule has 6 heteroatoms. The maximum absolute atomic E-state index is 13.8. The first-order valence-electron chi connectivity index (χ1n) is 9.35. The number of aryl methyl sites for hydroxylation is 1. The number of likely N-dealkylation sites (N-methyl/N-ethyl adjacent to an activating group) is 1. The number of carbonyl (C=O) groups is 2. The normalized spacial score (nSPS) is 11.9. The smallest absolute Gasteiger partial charge is 0.257 e. The molecule has 0 aliphatic carbocycles. The van der Waals surface area contributed by atoms with Gasteiger partial charge >= 0.3 is 0 Å². The van der Waals surface area contributed by atoms with Gasteiger partial charge in [-0.25, -0.2) is 8.78 Å². The van der Waals surface area contributed by atoms with E-state index in [0.29, 0.717) is 6.54 Å². The summed E-state index contributed by atoms with van der Waals surface area (Å²) in [5.41, 5.74) is 0.514. The van der Waals surface area contributed by atoms with E-state index < -0.39 is 29.1 Å². The molecule has 0 heterocycles. The summed E-state index contributed by atoms with van der Waals surface area (Å²) in [7, 11) is 1.67. The van der Waals surface area contributed by atoms with E-state index in [4.69, 9.17) is 0 Å². The number of halogens is 2. The zero-order chi connectivity index (χ0) is 20.7. The third kappa shape index (κ3) is 5.62. The van der Waals surface area contributed by atoms with Crippen LogP contribution in [-0.4, -0.2) is 36.3 Å². The van der Waals surface area contributed by atoms with Gasteiger partial charge < -0.3 is 10.2 Å². The predicted octanol–water partition coefficient (Wildman–Crippen LogP) is 3.81. The first-order chi connectivity index (χ1) is 13.3. The standard InChI is InChI=1S/C22H26F2N2O2/c1-15(2)20(25-21(27)19-17(23)12-7-13-18(19)24)22(28)26(3)14-8-11-16-9-5-4-6-10-16/h4-7,9-10,12-13,15,20H,8,11,14H2,1-3H3,(H,25,27). The number of carbonyl (C=O) groups excluding carboxylic acids is 2. The van der Waals surface area contributed by atoms with Crippen molar-refractivity contribution in [2.24, 2.45) is 5.92 Å². The van der Waals surface area contributed by atoms with Gasteiger partial charge in [-0.05, 0) is 36.5 Å². The fraction of sp³-hybridized carbons (Fsp3) is 0.364. The van der Waals surface area contributed by atoms with Crippen molar-refractivity contribution in [3.8, 4) is 0 Å². The van der Waals surface area contributed by atoms with Gasteiger partial charge in [0.25, 0.3) is 5.91 Å². The zero-order valence-electron chi connectivity index (χ0n) is 16.4. The third-order valence-electron chi connectivity index (χ3n) is 4.59. The lowest BCUT2D eigenvalue weighted by atomic mass is 10.0. The molecule has 1 atom stereocenters. The number of hydrogen-bond acceptors (Lipinski definition) is 2. The molecule has 0 aromatic heterocycles. The molecule has 0 bridgehead atoms. The van der Waals surface area contributed by atoms with E-state index in [1.807, 2.05) is 30.3 Å². The van der Waals surface area contributed by atoms with Crippen molar-refractivity contribution >= 4 is 11.8 Å². The topological polar surface area (TPSA) is 49.4 Å². The Bertz CT molecular complexity index is 789. The van der Waals surface area contributed by atoms with Crippen molar-refractivity contribution in [1.82, 2.24) is 10.2 Å². The molecule has 2 aromatic carbocycles. The van der Waals surface area contributed by atoms with Gasteiger partial charge in [-0.1, -0.05) is 50.2 Å². The molecular formula is C22H26F2N2O2. The van der Waals surface area contributed by atoms with Crippen LogP contribution in [0.2, 0.25) is 0 Å². The first-order valence-corrected chi connectivity index (χ1v) is 9.35. The minimum atomic E-state index is -0.955. The highest BCUT2D eigenvalue weighted by Gasteiger charge is 2.29. The molecule has 0 saturated carbocycles. The van der Waals surface area contributed by atoms with Gasteiger partial charge in [-0.15, -0.1) is 0 Å².